The van der Waals surface area contributed by atoms with Gasteiger partial charge in [-0.2, -0.15) is 0 Å². The van der Waals surface area contributed by atoms with Crippen molar-refractivity contribution in [1.29, 1.82) is 0 Å². The van der Waals surface area contributed by atoms with E-state index in [1.54, 1.807) is 14.1 Å². The van der Waals surface area contributed by atoms with E-state index in [4.69, 9.17) is 0 Å². The number of guanidine groups is 1. The molecule has 0 saturated carbocycles. The summed E-state index contributed by atoms with van der Waals surface area (Å²) >= 11 is 0. The van der Waals surface area contributed by atoms with E-state index < -0.39 is 11.6 Å². The van der Waals surface area contributed by atoms with E-state index in [-0.39, 0.29) is 42.5 Å². The lowest BCUT2D eigenvalue weighted by molar-refractivity contribution is -0.127. The highest BCUT2D eigenvalue weighted by Gasteiger charge is 2.12. The standard InChI is InChI=1S/C21H26F2N4O.HI/c1-15(17-9-10-18(22)19(23)13-17)26-21(25-14-20(28)27(2)3)24-12-11-16-7-5-4-6-8-16;/h4-10,13,15H,11-12,14H2,1-3H3,(H2,24,25,26);1H. The van der Waals surface area contributed by atoms with Crippen molar-refractivity contribution in [3.8, 4) is 0 Å². The van der Waals surface area contributed by atoms with Crippen molar-refractivity contribution >= 4 is 35.8 Å². The molecule has 158 valence electrons. The minimum absolute atomic E-state index is 0. The fraction of sp³-hybridized carbons (Fsp3) is 0.333. The molecule has 0 aliphatic carbocycles. The van der Waals surface area contributed by atoms with Gasteiger partial charge in [-0.3, -0.25) is 4.79 Å². The van der Waals surface area contributed by atoms with E-state index >= 15 is 0 Å². The minimum Gasteiger partial charge on any atom is -0.356 e. The van der Waals surface area contributed by atoms with E-state index in [0.29, 0.717) is 18.1 Å². The number of hydrogen-bond donors (Lipinski definition) is 2. The van der Waals surface area contributed by atoms with Crippen LogP contribution in [0.3, 0.4) is 0 Å². The highest BCUT2D eigenvalue weighted by molar-refractivity contribution is 14.0. The Hall–Kier alpha value is -2.23. The molecule has 2 aromatic carbocycles. The molecular formula is C21H27F2IN4O. The molecule has 0 aliphatic rings. The van der Waals surface area contributed by atoms with Crippen LogP contribution in [0.1, 0.15) is 24.1 Å². The van der Waals surface area contributed by atoms with Crippen LogP contribution in [-0.4, -0.2) is 44.0 Å². The van der Waals surface area contributed by atoms with E-state index in [1.165, 1.54) is 16.5 Å². The number of carbonyl (C=O) groups excluding carboxylic acids is 1. The maximum Gasteiger partial charge on any atom is 0.243 e. The van der Waals surface area contributed by atoms with Crippen LogP contribution in [-0.2, 0) is 11.2 Å². The number of rotatable bonds is 7. The van der Waals surface area contributed by atoms with Crippen LogP contribution in [0.5, 0.6) is 0 Å². The van der Waals surface area contributed by atoms with Gasteiger partial charge in [-0.15, -0.1) is 24.0 Å². The Morgan fingerprint density at radius 1 is 1.10 bits per heavy atom. The van der Waals surface area contributed by atoms with Crippen LogP contribution >= 0.6 is 24.0 Å². The third-order valence-corrected chi connectivity index (χ3v) is 4.22. The van der Waals surface area contributed by atoms with Crippen LogP contribution in [0, 0.1) is 11.6 Å². The molecule has 0 aromatic heterocycles. The lowest BCUT2D eigenvalue weighted by Crippen LogP contribution is -2.40. The number of benzene rings is 2. The van der Waals surface area contributed by atoms with Gasteiger partial charge >= 0.3 is 0 Å². The first kappa shape index (κ1) is 24.8. The highest BCUT2D eigenvalue weighted by Crippen LogP contribution is 2.15. The van der Waals surface area contributed by atoms with Gasteiger partial charge in [0.25, 0.3) is 0 Å². The van der Waals surface area contributed by atoms with Gasteiger partial charge in [0.2, 0.25) is 5.91 Å². The number of nitrogens with one attached hydrogen (secondary N) is 2. The predicted molar refractivity (Wildman–Crippen MR) is 122 cm³/mol. The van der Waals surface area contributed by atoms with Crippen molar-refractivity contribution in [3.05, 3.63) is 71.3 Å². The van der Waals surface area contributed by atoms with Gasteiger partial charge in [-0.25, -0.2) is 13.8 Å². The summed E-state index contributed by atoms with van der Waals surface area (Å²) in [5.41, 5.74) is 1.75. The summed E-state index contributed by atoms with van der Waals surface area (Å²) < 4.78 is 26.7. The molecule has 2 rings (SSSR count). The van der Waals surface area contributed by atoms with Gasteiger partial charge in [0, 0.05) is 20.6 Å². The normalized spacial score (nSPS) is 12.0. The zero-order chi connectivity index (χ0) is 20.5. The van der Waals surface area contributed by atoms with Crippen molar-refractivity contribution in [1.82, 2.24) is 15.5 Å². The predicted octanol–water partition coefficient (Wildman–Crippen LogP) is 3.51. The zero-order valence-corrected chi connectivity index (χ0v) is 19.1. The van der Waals surface area contributed by atoms with Crippen molar-refractivity contribution < 1.29 is 13.6 Å². The molecule has 2 aromatic rings. The van der Waals surface area contributed by atoms with E-state index in [2.05, 4.69) is 15.6 Å². The molecule has 0 radical (unpaired) electrons. The molecule has 0 aliphatic heterocycles. The molecule has 8 heteroatoms. The van der Waals surface area contributed by atoms with Crippen molar-refractivity contribution in [2.24, 2.45) is 4.99 Å². The fourth-order valence-corrected chi connectivity index (χ4v) is 2.48. The second kappa shape index (κ2) is 12.4. The number of carbonyl (C=O) groups is 1. The molecule has 0 spiro atoms. The van der Waals surface area contributed by atoms with Gasteiger partial charge in [0.05, 0.1) is 6.04 Å². The molecule has 0 fully saturated rings. The van der Waals surface area contributed by atoms with Crippen molar-refractivity contribution in [2.75, 3.05) is 27.2 Å². The topological polar surface area (TPSA) is 56.7 Å². The average molecular weight is 516 g/mol. The molecule has 0 heterocycles. The molecule has 29 heavy (non-hydrogen) atoms. The third-order valence-electron chi connectivity index (χ3n) is 4.22. The molecule has 0 saturated heterocycles. The molecule has 1 amide bonds. The Morgan fingerprint density at radius 3 is 2.41 bits per heavy atom. The van der Waals surface area contributed by atoms with Crippen LogP contribution < -0.4 is 10.6 Å². The number of aliphatic imine (C=N–C) groups is 1. The smallest absolute Gasteiger partial charge is 0.243 e. The molecule has 1 unspecified atom stereocenters. The van der Waals surface area contributed by atoms with Crippen molar-refractivity contribution in [3.63, 3.8) is 0 Å². The summed E-state index contributed by atoms with van der Waals surface area (Å²) in [4.78, 5) is 17.6. The Labute approximate surface area is 187 Å². The molecule has 1 atom stereocenters. The van der Waals surface area contributed by atoms with E-state index in [0.717, 1.165) is 18.6 Å². The second-order valence-corrected chi connectivity index (χ2v) is 6.65. The first-order valence-corrected chi connectivity index (χ1v) is 9.10. The van der Waals surface area contributed by atoms with Crippen molar-refractivity contribution in [2.45, 2.75) is 19.4 Å². The number of likely N-dealkylation sites (N-methyl/N-ethyl adjacent to an activating group) is 1. The minimum atomic E-state index is -0.899. The van der Waals surface area contributed by atoms with Gasteiger partial charge in [0.1, 0.15) is 6.54 Å². The summed E-state index contributed by atoms with van der Waals surface area (Å²) in [5.74, 6) is -1.49. The summed E-state index contributed by atoms with van der Waals surface area (Å²) in [6.07, 6.45) is 0.780. The Morgan fingerprint density at radius 2 is 1.79 bits per heavy atom. The molecule has 0 bridgehead atoms. The average Bonchev–Trinajstić information content (AvgIpc) is 2.68. The number of nitrogens with zero attached hydrogens (tertiary/aromatic N) is 2. The highest BCUT2D eigenvalue weighted by atomic mass is 127. The van der Waals surface area contributed by atoms with Crippen LogP contribution in [0.25, 0.3) is 0 Å². The lowest BCUT2D eigenvalue weighted by atomic mass is 10.1. The first-order chi connectivity index (χ1) is 13.4. The van der Waals surface area contributed by atoms with E-state index in [1.807, 2.05) is 37.3 Å². The van der Waals surface area contributed by atoms with Gasteiger partial charge in [-0.05, 0) is 36.6 Å². The second-order valence-electron chi connectivity index (χ2n) is 6.65. The number of hydrogen-bond acceptors (Lipinski definition) is 2. The largest absolute Gasteiger partial charge is 0.356 e. The Balaban J connectivity index is 0.00000420. The number of amides is 1. The zero-order valence-electron chi connectivity index (χ0n) is 16.8. The molecular weight excluding hydrogens is 489 g/mol. The van der Waals surface area contributed by atoms with Gasteiger partial charge in [-0.1, -0.05) is 36.4 Å². The monoisotopic (exact) mass is 516 g/mol. The maximum absolute atomic E-state index is 13.5. The van der Waals surface area contributed by atoms with Gasteiger partial charge < -0.3 is 15.5 Å². The SMILES string of the molecule is CC(NC(=NCC(=O)N(C)C)NCCc1ccccc1)c1ccc(F)c(F)c1.I. The molecule has 2 N–H and O–H groups in total. The summed E-state index contributed by atoms with van der Waals surface area (Å²) in [6, 6.07) is 13.4. The third kappa shape index (κ3) is 8.35. The van der Waals surface area contributed by atoms with E-state index in [9.17, 15) is 13.6 Å². The van der Waals surface area contributed by atoms with Crippen LogP contribution in [0.2, 0.25) is 0 Å². The number of halogens is 3. The summed E-state index contributed by atoms with van der Waals surface area (Å²) in [6.45, 7) is 2.41. The fourth-order valence-electron chi connectivity index (χ4n) is 2.48. The first-order valence-electron chi connectivity index (χ1n) is 9.10. The summed E-state index contributed by atoms with van der Waals surface area (Å²) in [5, 5.41) is 6.33. The van der Waals surface area contributed by atoms with Crippen LogP contribution in [0.4, 0.5) is 8.78 Å². The Kier molecular flexibility index (Phi) is 10.6. The quantitative estimate of drug-likeness (QED) is 0.337. The summed E-state index contributed by atoms with van der Waals surface area (Å²) in [7, 11) is 3.33. The maximum atomic E-state index is 13.5. The molecule has 5 nitrogen and oxygen atoms in total. The van der Waals surface area contributed by atoms with Gasteiger partial charge in [0.15, 0.2) is 17.6 Å². The van der Waals surface area contributed by atoms with Crippen LogP contribution in [0.15, 0.2) is 53.5 Å². The lowest BCUT2D eigenvalue weighted by Gasteiger charge is -2.19. The Bertz CT molecular complexity index is 816.